The van der Waals surface area contributed by atoms with E-state index in [1.165, 1.54) is 0 Å². The Morgan fingerprint density at radius 2 is 1.94 bits per heavy atom. The Morgan fingerprint density at radius 1 is 1.31 bits per heavy atom. The van der Waals surface area contributed by atoms with E-state index in [-0.39, 0.29) is 0 Å². The fraction of sp³-hybridized carbons (Fsp3) is 0.300. The molecule has 0 radical (unpaired) electrons. The predicted molar refractivity (Wildman–Crippen MR) is 85.9 cm³/mol. The summed E-state index contributed by atoms with van der Waals surface area (Å²) in [6, 6.07) is 2.47. The second-order valence-electron chi connectivity index (χ2n) is 3.70. The van der Waals surface area contributed by atoms with Crippen molar-refractivity contribution < 1.29 is 0 Å². The molecule has 0 amide bonds. The Hall–Kier alpha value is 0.860. The molecule has 2 nitrogen and oxygen atoms in total. The van der Waals surface area contributed by atoms with Gasteiger partial charge in [0.2, 0.25) is 0 Å². The van der Waals surface area contributed by atoms with E-state index < -0.39 is 0 Å². The van der Waals surface area contributed by atoms with Gasteiger partial charge in [0, 0.05) is 15.0 Å². The Bertz CT molecular complexity index is 563. The summed E-state index contributed by atoms with van der Waals surface area (Å²) in [5.74, 6) is 0. The third-order valence-electron chi connectivity index (χ3n) is 2.30. The van der Waals surface area contributed by atoms with Crippen LogP contribution in [0.25, 0.3) is 11.0 Å². The maximum atomic E-state index is 4.56. The van der Waals surface area contributed by atoms with E-state index in [1.807, 2.05) is 0 Å². The van der Waals surface area contributed by atoms with Crippen LogP contribution in [0.1, 0.15) is 19.9 Å². The molecule has 0 aliphatic rings. The predicted octanol–water partition coefficient (Wildman–Crippen LogP) is 5.51. The van der Waals surface area contributed by atoms with Crippen molar-refractivity contribution in [3.63, 3.8) is 0 Å². The quantitative estimate of drug-likeness (QED) is 0.357. The van der Waals surface area contributed by atoms with Crippen molar-refractivity contribution in [2.24, 2.45) is 0 Å². The SMILES string of the molecule is CC(C)n1c(Br)nc2c(I)c(Br)c(Br)cc21. The van der Waals surface area contributed by atoms with E-state index in [1.54, 1.807) is 0 Å². The molecule has 6 heteroatoms. The van der Waals surface area contributed by atoms with Crippen LogP contribution in [0.4, 0.5) is 0 Å². The molecule has 2 rings (SSSR count). The standard InChI is InChI=1S/C10H8Br3IN2/c1-4(2)16-6-3-5(11)7(12)8(14)9(6)15-10(16)13/h3-4H,1-2H3. The lowest BCUT2D eigenvalue weighted by Gasteiger charge is -2.10. The average Bonchev–Trinajstić information content (AvgIpc) is 2.51. The zero-order valence-electron chi connectivity index (χ0n) is 8.56. The third kappa shape index (κ3) is 2.10. The van der Waals surface area contributed by atoms with E-state index in [0.717, 1.165) is 28.3 Å². The summed E-state index contributed by atoms with van der Waals surface area (Å²) < 4.78 is 6.29. The van der Waals surface area contributed by atoms with Crippen molar-refractivity contribution in [3.05, 3.63) is 23.3 Å². The second-order valence-corrected chi connectivity index (χ2v) is 7.13. The minimum Gasteiger partial charge on any atom is -0.316 e. The Kier molecular flexibility index (Phi) is 4.03. The molecule has 0 saturated heterocycles. The third-order valence-corrected chi connectivity index (χ3v) is 6.63. The minimum absolute atomic E-state index is 0.378. The topological polar surface area (TPSA) is 17.8 Å². The molecule has 0 saturated carbocycles. The summed E-state index contributed by atoms with van der Waals surface area (Å²) in [7, 11) is 0. The average molecular weight is 523 g/mol. The zero-order chi connectivity index (χ0) is 12.0. The first-order chi connectivity index (χ1) is 7.43. The van der Waals surface area contributed by atoms with Gasteiger partial charge in [-0.1, -0.05) is 0 Å². The zero-order valence-corrected chi connectivity index (χ0v) is 15.5. The molecule has 1 aromatic carbocycles. The number of fused-ring (bicyclic) bond motifs is 1. The first-order valence-corrected chi connectivity index (χ1v) is 8.10. The maximum absolute atomic E-state index is 4.56. The fourth-order valence-electron chi connectivity index (χ4n) is 1.60. The smallest absolute Gasteiger partial charge is 0.178 e. The fourth-order valence-corrected chi connectivity index (χ4v) is 4.15. The molecule has 0 aliphatic heterocycles. The van der Waals surface area contributed by atoms with Gasteiger partial charge in [0.05, 0.1) is 9.09 Å². The highest BCUT2D eigenvalue weighted by Crippen LogP contribution is 2.36. The summed E-state index contributed by atoms with van der Waals surface area (Å²) in [6.07, 6.45) is 0. The van der Waals surface area contributed by atoms with Gasteiger partial charge in [-0.05, 0) is 90.3 Å². The molecule has 0 unspecified atom stereocenters. The molecule has 0 fully saturated rings. The van der Waals surface area contributed by atoms with Crippen LogP contribution in [0.5, 0.6) is 0 Å². The van der Waals surface area contributed by atoms with Crippen molar-refractivity contribution in [1.29, 1.82) is 0 Å². The van der Waals surface area contributed by atoms with Crippen LogP contribution in [-0.4, -0.2) is 9.55 Å². The van der Waals surface area contributed by atoms with Gasteiger partial charge in [0.15, 0.2) is 4.73 Å². The van der Waals surface area contributed by atoms with Crippen LogP contribution < -0.4 is 0 Å². The summed E-state index contributed by atoms with van der Waals surface area (Å²) in [4.78, 5) is 4.56. The molecule has 0 atom stereocenters. The van der Waals surface area contributed by atoms with Crippen LogP contribution in [0.3, 0.4) is 0 Å². The second kappa shape index (κ2) is 4.85. The number of hydrogen-bond donors (Lipinski definition) is 0. The van der Waals surface area contributed by atoms with E-state index in [2.05, 4.69) is 99.8 Å². The van der Waals surface area contributed by atoms with E-state index >= 15 is 0 Å². The van der Waals surface area contributed by atoms with Crippen LogP contribution in [0.15, 0.2) is 19.7 Å². The summed E-state index contributed by atoms with van der Waals surface area (Å²) in [5.41, 5.74) is 2.16. The highest BCUT2D eigenvalue weighted by atomic mass is 127. The molecule has 1 heterocycles. The van der Waals surface area contributed by atoms with Gasteiger partial charge in [-0.15, -0.1) is 0 Å². The van der Waals surface area contributed by atoms with Crippen molar-refractivity contribution >= 4 is 81.4 Å². The van der Waals surface area contributed by atoms with Gasteiger partial charge in [-0.3, -0.25) is 0 Å². The van der Waals surface area contributed by atoms with Crippen LogP contribution >= 0.6 is 70.4 Å². The largest absolute Gasteiger partial charge is 0.316 e. The van der Waals surface area contributed by atoms with E-state index in [4.69, 9.17) is 0 Å². The number of nitrogens with zero attached hydrogens (tertiary/aromatic N) is 2. The number of rotatable bonds is 1. The van der Waals surface area contributed by atoms with Gasteiger partial charge < -0.3 is 4.57 Å². The first kappa shape index (κ1) is 13.3. The molecule has 16 heavy (non-hydrogen) atoms. The molecule has 2 aromatic rings. The number of aromatic nitrogens is 2. The molecule has 1 aromatic heterocycles. The van der Waals surface area contributed by atoms with Crippen molar-refractivity contribution in [1.82, 2.24) is 9.55 Å². The van der Waals surface area contributed by atoms with E-state index in [9.17, 15) is 0 Å². The minimum atomic E-state index is 0.378. The summed E-state index contributed by atoms with van der Waals surface area (Å²) in [6.45, 7) is 4.30. The van der Waals surface area contributed by atoms with Gasteiger partial charge in [-0.25, -0.2) is 4.98 Å². The highest BCUT2D eigenvalue weighted by molar-refractivity contribution is 14.1. The molecule has 0 bridgehead atoms. The maximum Gasteiger partial charge on any atom is 0.178 e. The Morgan fingerprint density at radius 3 is 2.50 bits per heavy atom. The molecule has 0 spiro atoms. The monoisotopic (exact) mass is 520 g/mol. The molecule has 0 N–H and O–H groups in total. The number of benzene rings is 1. The normalized spacial score (nSPS) is 11.7. The Balaban J connectivity index is 2.91. The van der Waals surface area contributed by atoms with Crippen LogP contribution in [0.2, 0.25) is 0 Å². The number of halogens is 4. The van der Waals surface area contributed by atoms with Crippen molar-refractivity contribution in [3.8, 4) is 0 Å². The van der Waals surface area contributed by atoms with Crippen molar-refractivity contribution in [2.45, 2.75) is 19.9 Å². The Labute approximate surface area is 133 Å². The lowest BCUT2D eigenvalue weighted by molar-refractivity contribution is 0.604. The molecular weight excluding hydrogens is 515 g/mol. The molecule has 0 aliphatic carbocycles. The first-order valence-electron chi connectivity index (χ1n) is 4.64. The number of hydrogen-bond acceptors (Lipinski definition) is 1. The number of imidazole rings is 1. The van der Waals surface area contributed by atoms with Crippen LogP contribution in [0, 0.1) is 3.57 Å². The summed E-state index contributed by atoms with van der Waals surface area (Å²) >= 11 is 12.9. The van der Waals surface area contributed by atoms with Gasteiger partial charge in [-0.2, -0.15) is 0 Å². The lowest BCUT2D eigenvalue weighted by Crippen LogP contribution is -2.00. The lowest BCUT2D eigenvalue weighted by atomic mass is 10.3. The molecule has 86 valence electrons. The van der Waals surface area contributed by atoms with E-state index in [0.29, 0.717) is 6.04 Å². The van der Waals surface area contributed by atoms with Gasteiger partial charge in [0.25, 0.3) is 0 Å². The highest BCUT2D eigenvalue weighted by Gasteiger charge is 2.16. The molecular formula is C10H8Br3IN2. The summed E-state index contributed by atoms with van der Waals surface area (Å²) in [5, 5.41) is 0. The van der Waals surface area contributed by atoms with Crippen molar-refractivity contribution in [2.75, 3.05) is 0 Å². The van der Waals surface area contributed by atoms with Crippen LogP contribution in [-0.2, 0) is 0 Å². The van der Waals surface area contributed by atoms with Gasteiger partial charge >= 0.3 is 0 Å². The van der Waals surface area contributed by atoms with Gasteiger partial charge in [0.1, 0.15) is 5.52 Å².